The molecule has 0 aliphatic rings. The van der Waals surface area contributed by atoms with Crippen LogP contribution in [0.5, 0.6) is 0 Å². The van der Waals surface area contributed by atoms with Gasteiger partial charge in [-0.15, -0.1) is 0 Å². The Labute approximate surface area is 139 Å². The Morgan fingerprint density at radius 1 is 1.43 bits per heavy atom. The van der Waals surface area contributed by atoms with Crippen molar-refractivity contribution >= 4 is 34.2 Å². The van der Waals surface area contributed by atoms with Crippen molar-refractivity contribution in [1.29, 1.82) is 0 Å². The molecule has 124 valence electrons. The van der Waals surface area contributed by atoms with Crippen molar-refractivity contribution in [1.82, 2.24) is 20.9 Å². The van der Waals surface area contributed by atoms with Crippen LogP contribution in [-0.4, -0.2) is 48.5 Å². The van der Waals surface area contributed by atoms with Crippen LogP contribution in [0.1, 0.15) is 12.1 Å². The molecular weight excluding hydrogens is 316 g/mol. The second-order valence-corrected chi connectivity index (χ2v) is 5.36. The minimum Gasteiger partial charge on any atom is -0.385 e. The first kappa shape index (κ1) is 17.2. The summed E-state index contributed by atoms with van der Waals surface area (Å²) in [4.78, 5) is 12.1. The summed E-state index contributed by atoms with van der Waals surface area (Å²) in [7, 11) is 3.34. The third kappa shape index (κ3) is 4.90. The van der Waals surface area contributed by atoms with Crippen molar-refractivity contribution in [2.24, 2.45) is 0 Å². The summed E-state index contributed by atoms with van der Waals surface area (Å²) in [6.45, 7) is 1.34. The number of carbonyl (C=O) groups is 1. The van der Waals surface area contributed by atoms with Crippen LogP contribution in [0.2, 0.25) is 0 Å². The lowest BCUT2D eigenvalue weighted by molar-refractivity contribution is -0.123. The number of thiocarbonyl (C=S) groups is 1. The molecule has 0 atom stereocenters. The number of para-hydroxylation sites is 1. The fraction of sp³-hybridized carbons (Fsp3) is 0.400. The average Bonchev–Trinajstić information content (AvgIpc) is 2.94. The normalized spacial score (nSPS) is 10.5. The van der Waals surface area contributed by atoms with Crippen LogP contribution in [0.4, 0.5) is 0 Å². The number of hydrogen-bond donors (Lipinski definition) is 2. The van der Waals surface area contributed by atoms with Crippen molar-refractivity contribution in [3.05, 3.63) is 30.0 Å². The molecule has 1 amide bonds. The van der Waals surface area contributed by atoms with Crippen molar-refractivity contribution in [3.63, 3.8) is 0 Å². The summed E-state index contributed by atoms with van der Waals surface area (Å²) in [6, 6.07) is 7.43. The van der Waals surface area contributed by atoms with E-state index in [4.69, 9.17) is 21.5 Å². The zero-order valence-corrected chi connectivity index (χ0v) is 14.0. The highest BCUT2D eigenvalue weighted by atomic mass is 32.1. The van der Waals surface area contributed by atoms with E-state index in [1.165, 1.54) is 5.01 Å². The van der Waals surface area contributed by atoms with Gasteiger partial charge in [-0.2, -0.15) is 0 Å². The van der Waals surface area contributed by atoms with Crippen molar-refractivity contribution < 1.29 is 14.1 Å². The smallest absolute Gasteiger partial charge is 0.244 e. The maximum Gasteiger partial charge on any atom is 0.244 e. The van der Waals surface area contributed by atoms with Crippen LogP contribution in [0.25, 0.3) is 11.0 Å². The molecule has 1 aromatic carbocycles. The van der Waals surface area contributed by atoms with Crippen LogP contribution in [-0.2, 0) is 16.0 Å². The number of benzene rings is 1. The molecule has 7 nitrogen and oxygen atoms in total. The van der Waals surface area contributed by atoms with Crippen LogP contribution in [0, 0.1) is 0 Å². The quantitative estimate of drug-likeness (QED) is 0.467. The van der Waals surface area contributed by atoms with Gasteiger partial charge in [0.05, 0.1) is 6.42 Å². The molecule has 0 radical (unpaired) electrons. The molecular formula is C15H20N4O3S. The molecule has 8 heteroatoms. The van der Waals surface area contributed by atoms with E-state index in [0.29, 0.717) is 29.5 Å². The van der Waals surface area contributed by atoms with Gasteiger partial charge in [0, 0.05) is 32.7 Å². The van der Waals surface area contributed by atoms with Crippen molar-refractivity contribution in [2.45, 2.75) is 12.8 Å². The topological polar surface area (TPSA) is 79.6 Å². The van der Waals surface area contributed by atoms with Gasteiger partial charge in [-0.1, -0.05) is 17.3 Å². The summed E-state index contributed by atoms with van der Waals surface area (Å²) in [6.07, 6.45) is 0.955. The third-order valence-electron chi connectivity index (χ3n) is 3.18. The first-order chi connectivity index (χ1) is 11.1. The van der Waals surface area contributed by atoms with Gasteiger partial charge in [0.25, 0.3) is 0 Å². The lowest BCUT2D eigenvalue weighted by atomic mass is 10.2. The van der Waals surface area contributed by atoms with E-state index < -0.39 is 0 Å². The Bertz CT molecular complexity index is 674. The second kappa shape index (κ2) is 8.44. The summed E-state index contributed by atoms with van der Waals surface area (Å²) in [5, 5.41) is 9.74. The molecule has 0 aliphatic heterocycles. The standard InChI is InChI=1S/C15H20N4O3S/c1-19(15(23)16-8-5-9-21-2)17-14(20)10-12-11-6-3-4-7-13(11)22-18-12/h3-4,6-7H,5,8-10H2,1-2H3,(H,16,23)(H,17,20). The summed E-state index contributed by atoms with van der Waals surface area (Å²) in [5.41, 5.74) is 3.97. The third-order valence-corrected chi connectivity index (χ3v) is 3.60. The van der Waals surface area contributed by atoms with Crippen LogP contribution < -0.4 is 10.7 Å². The molecule has 1 heterocycles. The number of fused-ring (bicyclic) bond motifs is 1. The lowest BCUT2D eigenvalue weighted by Gasteiger charge is -2.21. The highest BCUT2D eigenvalue weighted by Crippen LogP contribution is 2.17. The number of rotatable bonds is 6. The highest BCUT2D eigenvalue weighted by Gasteiger charge is 2.14. The molecule has 0 bridgehead atoms. The monoisotopic (exact) mass is 336 g/mol. The lowest BCUT2D eigenvalue weighted by Crippen LogP contribution is -2.48. The predicted molar refractivity (Wildman–Crippen MR) is 90.7 cm³/mol. The van der Waals surface area contributed by atoms with E-state index in [9.17, 15) is 4.79 Å². The number of amides is 1. The molecule has 23 heavy (non-hydrogen) atoms. The first-order valence-electron chi connectivity index (χ1n) is 7.25. The van der Waals surface area contributed by atoms with Gasteiger partial charge in [-0.25, -0.2) is 0 Å². The SMILES string of the molecule is COCCCNC(=S)N(C)NC(=O)Cc1noc2ccccc12. The minimum atomic E-state index is -0.215. The molecule has 0 fully saturated rings. The van der Waals surface area contributed by atoms with Gasteiger partial charge in [-0.05, 0) is 30.8 Å². The van der Waals surface area contributed by atoms with Gasteiger partial charge in [0.15, 0.2) is 10.7 Å². The van der Waals surface area contributed by atoms with Crippen LogP contribution in [0.15, 0.2) is 28.8 Å². The molecule has 2 rings (SSSR count). The average molecular weight is 336 g/mol. The predicted octanol–water partition coefficient (Wildman–Crippen LogP) is 1.24. The number of hydrazine groups is 1. The van der Waals surface area contributed by atoms with E-state index >= 15 is 0 Å². The highest BCUT2D eigenvalue weighted by molar-refractivity contribution is 7.80. The Balaban J connectivity index is 1.83. The first-order valence-corrected chi connectivity index (χ1v) is 7.66. The molecule has 1 aromatic heterocycles. The van der Waals surface area contributed by atoms with E-state index in [1.807, 2.05) is 24.3 Å². The Kier molecular flexibility index (Phi) is 6.30. The van der Waals surface area contributed by atoms with Crippen LogP contribution in [0.3, 0.4) is 0 Å². The number of aromatic nitrogens is 1. The summed E-state index contributed by atoms with van der Waals surface area (Å²) < 4.78 is 10.1. The van der Waals surface area contributed by atoms with Gasteiger partial charge >= 0.3 is 0 Å². The molecule has 0 spiro atoms. The molecule has 0 saturated carbocycles. The Morgan fingerprint density at radius 2 is 2.22 bits per heavy atom. The van der Waals surface area contributed by atoms with Gasteiger partial charge < -0.3 is 14.6 Å². The maximum absolute atomic E-state index is 12.1. The minimum absolute atomic E-state index is 0.119. The number of ether oxygens (including phenoxy) is 1. The molecule has 2 aromatic rings. The number of carbonyl (C=O) groups excluding carboxylic acids is 1. The van der Waals surface area contributed by atoms with Crippen molar-refractivity contribution in [2.75, 3.05) is 27.3 Å². The molecule has 0 unspecified atom stereocenters. The number of methoxy groups -OCH3 is 1. The Morgan fingerprint density at radius 3 is 3.00 bits per heavy atom. The van der Waals surface area contributed by atoms with E-state index in [1.54, 1.807) is 14.2 Å². The van der Waals surface area contributed by atoms with Gasteiger partial charge in [-0.3, -0.25) is 15.2 Å². The maximum atomic E-state index is 12.1. The van der Waals surface area contributed by atoms with Crippen LogP contribution >= 0.6 is 12.2 Å². The zero-order valence-electron chi connectivity index (χ0n) is 13.2. The second-order valence-electron chi connectivity index (χ2n) is 4.97. The van der Waals surface area contributed by atoms with Gasteiger partial charge in [0.1, 0.15) is 5.69 Å². The largest absolute Gasteiger partial charge is 0.385 e. The van der Waals surface area contributed by atoms with Crippen molar-refractivity contribution in [3.8, 4) is 0 Å². The van der Waals surface area contributed by atoms with E-state index in [-0.39, 0.29) is 12.3 Å². The van der Waals surface area contributed by atoms with Gasteiger partial charge in [0.2, 0.25) is 5.91 Å². The summed E-state index contributed by atoms with van der Waals surface area (Å²) in [5.74, 6) is -0.215. The molecule has 0 saturated heterocycles. The van der Waals surface area contributed by atoms with E-state index in [2.05, 4.69) is 15.9 Å². The van der Waals surface area contributed by atoms with E-state index in [0.717, 1.165) is 11.8 Å². The Hall–Kier alpha value is -2.19. The fourth-order valence-electron chi connectivity index (χ4n) is 2.03. The summed E-state index contributed by atoms with van der Waals surface area (Å²) >= 11 is 5.19. The number of nitrogens with zero attached hydrogens (tertiary/aromatic N) is 2. The molecule has 0 aliphatic carbocycles. The zero-order chi connectivity index (χ0) is 16.7. The molecule has 2 N–H and O–H groups in total. The fourth-order valence-corrected chi connectivity index (χ4v) is 2.17. The number of nitrogens with one attached hydrogen (secondary N) is 2. The number of hydrogen-bond acceptors (Lipinski definition) is 5.